The molecule has 0 aromatic carbocycles. The Morgan fingerprint density at radius 3 is 0.633 bits per heavy atom. The summed E-state index contributed by atoms with van der Waals surface area (Å²) in [6.07, 6.45) is 82.6. The van der Waals surface area contributed by atoms with Crippen LogP contribution in [0, 0.1) is 0 Å². The highest BCUT2D eigenvalue weighted by molar-refractivity contribution is 5.71. The van der Waals surface area contributed by atoms with Crippen LogP contribution >= 0.6 is 0 Å². The van der Waals surface area contributed by atoms with Crippen molar-refractivity contribution in [2.45, 2.75) is 425 Å². The standard InChI is InChI=1S/C73H140O6/c1-4-7-10-13-16-19-22-25-28-30-31-32-33-34-35-36-37-38-39-40-41-42-43-46-48-51-54-57-60-63-66-72(75)78-69-70(68-77-71(74)65-62-59-56-53-50-47-44-27-24-21-18-15-12-9-6-3)79-73(76)67-64-61-58-55-52-49-45-29-26-23-20-17-14-11-8-5-2/h29,45,70H,4-28,30-44,46-69H2,1-3H3/b45-29-. The van der Waals surface area contributed by atoms with E-state index in [9.17, 15) is 14.4 Å². The molecule has 0 radical (unpaired) electrons. The van der Waals surface area contributed by atoms with Crippen LogP contribution in [-0.4, -0.2) is 37.2 Å². The number of allylic oxidation sites excluding steroid dienone is 2. The number of carbonyl (C=O) groups excluding carboxylic acids is 3. The van der Waals surface area contributed by atoms with Crippen molar-refractivity contribution in [3.63, 3.8) is 0 Å². The summed E-state index contributed by atoms with van der Waals surface area (Å²) in [6.45, 7) is 6.72. The van der Waals surface area contributed by atoms with Crippen molar-refractivity contribution < 1.29 is 28.6 Å². The first kappa shape index (κ1) is 77.2. The van der Waals surface area contributed by atoms with Gasteiger partial charge in [-0.25, -0.2) is 0 Å². The molecule has 0 fully saturated rings. The van der Waals surface area contributed by atoms with Gasteiger partial charge in [0.05, 0.1) is 0 Å². The highest BCUT2D eigenvalue weighted by Crippen LogP contribution is 2.19. The van der Waals surface area contributed by atoms with Crippen LogP contribution in [0.1, 0.15) is 419 Å². The summed E-state index contributed by atoms with van der Waals surface area (Å²) < 4.78 is 17.0. The molecule has 0 aliphatic rings. The fraction of sp³-hybridized carbons (Fsp3) is 0.932. The van der Waals surface area contributed by atoms with Gasteiger partial charge in [-0.3, -0.25) is 14.4 Å². The average molecular weight is 1110 g/mol. The van der Waals surface area contributed by atoms with Crippen LogP contribution in [0.25, 0.3) is 0 Å². The molecule has 0 saturated heterocycles. The largest absolute Gasteiger partial charge is 0.462 e. The lowest BCUT2D eigenvalue weighted by atomic mass is 10.0. The summed E-state index contributed by atoms with van der Waals surface area (Å²) in [5.74, 6) is -0.840. The monoisotopic (exact) mass is 1110 g/mol. The normalized spacial score (nSPS) is 12.0. The molecular formula is C73H140O6. The zero-order valence-corrected chi connectivity index (χ0v) is 53.9. The molecule has 0 heterocycles. The minimum Gasteiger partial charge on any atom is -0.462 e. The van der Waals surface area contributed by atoms with Crippen LogP contribution in [0.5, 0.6) is 0 Å². The Kier molecular flexibility index (Phi) is 67.0. The third kappa shape index (κ3) is 66.8. The van der Waals surface area contributed by atoms with E-state index < -0.39 is 6.10 Å². The molecule has 0 aliphatic carbocycles. The number of esters is 3. The summed E-state index contributed by atoms with van der Waals surface area (Å²) in [5.41, 5.74) is 0. The van der Waals surface area contributed by atoms with E-state index in [1.165, 1.54) is 315 Å². The molecule has 0 amide bonds. The van der Waals surface area contributed by atoms with Crippen molar-refractivity contribution in [1.29, 1.82) is 0 Å². The summed E-state index contributed by atoms with van der Waals surface area (Å²) in [4.78, 5) is 38.4. The molecule has 468 valence electrons. The van der Waals surface area contributed by atoms with Gasteiger partial charge in [-0.1, -0.05) is 367 Å². The molecule has 0 rings (SSSR count). The van der Waals surface area contributed by atoms with E-state index in [0.29, 0.717) is 19.3 Å². The van der Waals surface area contributed by atoms with Crippen molar-refractivity contribution in [3.05, 3.63) is 12.2 Å². The van der Waals surface area contributed by atoms with Gasteiger partial charge in [-0.15, -0.1) is 0 Å². The van der Waals surface area contributed by atoms with Crippen molar-refractivity contribution in [2.24, 2.45) is 0 Å². The van der Waals surface area contributed by atoms with Crippen LogP contribution in [-0.2, 0) is 28.6 Å². The van der Waals surface area contributed by atoms with Gasteiger partial charge in [0.2, 0.25) is 0 Å². The first-order valence-electron chi connectivity index (χ1n) is 36.2. The molecule has 1 unspecified atom stereocenters. The Morgan fingerprint density at radius 2 is 0.418 bits per heavy atom. The number of hydrogen-bond donors (Lipinski definition) is 0. The van der Waals surface area contributed by atoms with E-state index >= 15 is 0 Å². The molecule has 0 spiro atoms. The molecule has 0 aromatic rings. The topological polar surface area (TPSA) is 78.9 Å². The molecule has 6 nitrogen and oxygen atoms in total. The van der Waals surface area contributed by atoms with Crippen molar-refractivity contribution in [1.82, 2.24) is 0 Å². The fourth-order valence-corrected chi connectivity index (χ4v) is 11.3. The van der Waals surface area contributed by atoms with E-state index in [1.54, 1.807) is 0 Å². The molecule has 79 heavy (non-hydrogen) atoms. The maximum Gasteiger partial charge on any atom is 0.306 e. The van der Waals surface area contributed by atoms with Crippen LogP contribution in [0.3, 0.4) is 0 Å². The third-order valence-electron chi connectivity index (χ3n) is 16.8. The number of rotatable bonds is 68. The Hall–Kier alpha value is -1.85. The van der Waals surface area contributed by atoms with E-state index in [2.05, 4.69) is 32.9 Å². The van der Waals surface area contributed by atoms with E-state index in [4.69, 9.17) is 14.2 Å². The van der Waals surface area contributed by atoms with E-state index in [0.717, 1.165) is 64.2 Å². The highest BCUT2D eigenvalue weighted by Gasteiger charge is 2.19. The second-order valence-electron chi connectivity index (χ2n) is 24.9. The lowest BCUT2D eigenvalue weighted by molar-refractivity contribution is -0.167. The van der Waals surface area contributed by atoms with Gasteiger partial charge in [0.1, 0.15) is 13.2 Å². The Labute approximate surface area is 494 Å². The summed E-state index contributed by atoms with van der Waals surface area (Å²) in [7, 11) is 0. The Bertz CT molecular complexity index is 1230. The van der Waals surface area contributed by atoms with Gasteiger partial charge in [-0.05, 0) is 44.9 Å². The molecule has 6 heteroatoms. The number of hydrogen-bond acceptors (Lipinski definition) is 6. The zero-order chi connectivity index (χ0) is 57.1. The molecule has 0 bridgehead atoms. The number of carbonyl (C=O) groups is 3. The Morgan fingerprint density at radius 1 is 0.241 bits per heavy atom. The van der Waals surface area contributed by atoms with Crippen molar-refractivity contribution in [3.8, 4) is 0 Å². The second-order valence-corrected chi connectivity index (χ2v) is 24.9. The molecule has 0 N–H and O–H groups in total. The molecule has 0 aliphatic heterocycles. The highest BCUT2D eigenvalue weighted by atomic mass is 16.6. The average Bonchev–Trinajstić information content (AvgIpc) is 3.45. The quantitative estimate of drug-likeness (QED) is 0.0261. The number of unbranched alkanes of at least 4 members (excludes halogenated alkanes) is 55. The first-order chi connectivity index (χ1) is 39.0. The van der Waals surface area contributed by atoms with Crippen LogP contribution < -0.4 is 0 Å². The number of ether oxygens (including phenoxy) is 3. The van der Waals surface area contributed by atoms with Crippen LogP contribution in [0.2, 0.25) is 0 Å². The molecular weight excluding hydrogens is 973 g/mol. The summed E-state index contributed by atoms with van der Waals surface area (Å²) >= 11 is 0. The van der Waals surface area contributed by atoms with Gasteiger partial charge in [0, 0.05) is 19.3 Å². The van der Waals surface area contributed by atoms with Gasteiger partial charge in [0.15, 0.2) is 6.10 Å². The lowest BCUT2D eigenvalue weighted by Crippen LogP contribution is -2.30. The zero-order valence-electron chi connectivity index (χ0n) is 53.9. The van der Waals surface area contributed by atoms with Gasteiger partial charge >= 0.3 is 17.9 Å². The van der Waals surface area contributed by atoms with E-state index in [-0.39, 0.29) is 31.1 Å². The Balaban J connectivity index is 4.14. The van der Waals surface area contributed by atoms with Crippen molar-refractivity contribution in [2.75, 3.05) is 13.2 Å². The fourth-order valence-electron chi connectivity index (χ4n) is 11.3. The predicted octanol–water partition coefficient (Wildman–Crippen LogP) is 24.8. The van der Waals surface area contributed by atoms with Gasteiger partial charge < -0.3 is 14.2 Å². The maximum absolute atomic E-state index is 12.9. The minimum absolute atomic E-state index is 0.0666. The maximum atomic E-state index is 12.9. The third-order valence-corrected chi connectivity index (χ3v) is 16.8. The summed E-state index contributed by atoms with van der Waals surface area (Å²) in [5, 5.41) is 0. The van der Waals surface area contributed by atoms with Gasteiger partial charge in [-0.2, -0.15) is 0 Å². The molecule has 0 saturated carbocycles. The molecule has 1 atom stereocenters. The second kappa shape index (κ2) is 68.6. The predicted molar refractivity (Wildman–Crippen MR) is 344 cm³/mol. The SMILES string of the molecule is CCCCCCCCC/C=C\CCCCCCCC(=O)OC(COC(=O)CCCCCCCCCCCCCCCCC)COC(=O)CCCCCCCCCCCCCCCCCCCCCCCCCCCCCCCC. The first-order valence-corrected chi connectivity index (χ1v) is 36.2. The van der Waals surface area contributed by atoms with Gasteiger partial charge in [0.25, 0.3) is 0 Å². The molecule has 0 aromatic heterocycles. The van der Waals surface area contributed by atoms with Crippen LogP contribution in [0.15, 0.2) is 12.2 Å². The lowest BCUT2D eigenvalue weighted by Gasteiger charge is -2.18. The smallest absolute Gasteiger partial charge is 0.306 e. The van der Waals surface area contributed by atoms with Crippen molar-refractivity contribution >= 4 is 17.9 Å². The van der Waals surface area contributed by atoms with Crippen LogP contribution in [0.4, 0.5) is 0 Å². The summed E-state index contributed by atoms with van der Waals surface area (Å²) in [6, 6.07) is 0. The minimum atomic E-state index is -0.771. The van der Waals surface area contributed by atoms with E-state index in [1.807, 2.05) is 0 Å².